The Bertz CT molecular complexity index is 1630. The van der Waals surface area contributed by atoms with Gasteiger partial charge < -0.3 is 39.3 Å². The molecule has 12 heteroatoms. The Morgan fingerprint density at radius 1 is 1.04 bits per heavy atom. The number of aliphatic hydroxyl groups is 1. The van der Waals surface area contributed by atoms with Gasteiger partial charge in [-0.15, -0.1) is 13.2 Å². The van der Waals surface area contributed by atoms with Crippen LogP contribution in [-0.2, 0) is 33.4 Å². The summed E-state index contributed by atoms with van der Waals surface area (Å²) in [5.74, 6) is -3.38. The maximum atomic E-state index is 15.0. The highest BCUT2D eigenvalue weighted by Crippen LogP contribution is 2.59. The molecule has 2 aromatic carbocycles. The molecule has 3 aliphatic heterocycles. The number of esters is 1. The normalized spacial score (nSPS) is 23.5. The van der Waals surface area contributed by atoms with Gasteiger partial charge in [-0.25, -0.2) is 0 Å². The number of carbonyl (C=O) groups is 4. The van der Waals surface area contributed by atoms with Crippen molar-refractivity contribution in [1.29, 1.82) is 0 Å². The van der Waals surface area contributed by atoms with Gasteiger partial charge in [0.25, 0.3) is 5.91 Å². The number of hydrogen-bond acceptors (Lipinski definition) is 9. The number of likely N-dealkylation sites (tertiary alicyclic amines) is 1. The SMILES string of the molecule is C=CCCC(=O)N[C@H](COC)[C@H](OC(=O)[C@@H]1[C@H]2C(=O)N(CCCCCO)[C@H](C(=O)N(CC=C)c3ccc(N(CC)CC)cc3)[C@]23CC[C@H]1O3)c1ccccc1. The maximum Gasteiger partial charge on any atom is 0.313 e. The number of carbonyl (C=O) groups excluding carboxylic acids is 4. The molecule has 298 valence electrons. The molecule has 1 spiro atoms. The minimum absolute atomic E-state index is 0.0273. The van der Waals surface area contributed by atoms with Crippen LogP contribution in [0.4, 0.5) is 11.4 Å². The highest BCUT2D eigenvalue weighted by atomic mass is 16.6. The van der Waals surface area contributed by atoms with E-state index in [1.807, 2.05) is 54.6 Å². The predicted molar refractivity (Wildman–Crippen MR) is 211 cm³/mol. The number of hydrogen-bond donors (Lipinski definition) is 2. The van der Waals surface area contributed by atoms with Crippen LogP contribution in [0.15, 0.2) is 79.9 Å². The van der Waals surface area contributed by atoms with E-state index in [-0.39, 0.29) is 50.4 Å². The second-order valence-corrected chi connectivity index (χ2v) is 14.5. The van der Waals surface area contributed by atoms with Crippen molar-refractivity contribution in [2.45, 2.75) is 88.7 Å². The monoisotopic (exact) mass is 758 g/mol. The van der Waals surface area contributed by atoms with Gasteiger partial charge in [-0.3, -0.25) is 19.2 Å². The number of rotatable bonds is 22. The standard InChI is InChI=1S/C43H58N4O8/c1-6-10-19-35(49)44-33(29-53-5)38(30-17-13-11-14-18-30)54-42(52)36-34-24-25-43(55-34)37(36)40(50)47(27-15-12-16-28-48)39(43)41(51)46(26-7-2)32-22-20-31(21-23-32)45(8-3)9-4/h6-7,11,13-14,17-18,20-23,33-34,36-39,48H,1-2,8-10,12,15-16,19,24-29H2,3-5H3,(H,44,49)/t33-,34-,36+,37+,38-,39-,43+/m1/s1. The number of aliphatic hydroxyl groups excluding tert-OH is 1. The fraction of sp³-hybridized carbons (Fsp3) is 0.535. The number of methoxy groups -OCH3 is 1. The molecule has 3 amide bonds. The van der Waals surface area contributed by atoms with Crippen LogP contribution < -0.4 is 15.1 Å². The first-order valence-corrected chi connectivity index (χ1v) is 19.7. The van der Waals surface area contributed by atoms with Crippen LogP contribution in [0.2, 0.25) is 0 Å². The van der Waals surface area contributed by atoms with Crippen molar-refractivity contribution in [1.82, 2.24) is 10.2 Å². The lowest BCUT2D eigenvalue weighted by Gasteiger charge is -2.37. The largest absolute Gasteiger partial charge is 0.455 e. The van der Waals surface area contributed by atoms with E-state index < -0.39 is 47.7 Å². The zero-order chi connectivity index (χ0) is 39.5. The fourth-order valence-electron chi connectivity index (χ4n) is 8.67. The molecule has 5 rings (SSSR count). The number of nitrogens with zero attached hydrogens (tertiary/aromatic N) is 3. The molecule has 2 aromatic rings. The highest BCUT2D eigenvalue weighted by Gasteiger charge is 2.75. The Morgan fingerprint density at radius 3 is 2.38 bits per heavy atom. The fourth-order valence-corrected chi connectivity index (χ4v) is 8.67. The van der Waals surface area contributed by atoms with E-state index in [4.69, 9.17) is 14.2 Å². The Kier molecular flexibility index (Phi) is 14.7. The van der Waals surface area contributed by atoms with E-state index >= 15 is 0 Å². The molecule has 3 fully saturated rings. The van der Waals surface area contributed by atoms with Crippen LogP contribution in [0.5, 0.6) is 0 Å². The topological polar surface area (TPSA) is 138 Å². The number of benzene rings is 2. The molecule has 2 N–H and O–H groups in total. The second kappa shape index (κ2) is 19.4. The summed E-state index contributed by atoms with van der Waals surface area (Å²) in [5, 5.41) is 12.4. The number of fused-ring (bicyclic) bond motifs is 1. The van der Waals surface area contributed by atoms with Crippen molar-refractivity contribution in [2.75, 3.05) is 56.3 Å². The van der Waals surface area contributed by atoms with Gasteiger partial charge in [-0.2, -0.15) is 0 Å². The van der Waals surface area contributed by atoms with Gasteiger partial charge in [0.2, 0.25) is 11.8 Å². The summed E-state index contributed by atoms with van der Waals surface area (Å²) in [4.78, 5) is 62.7. The van der Waals surface area contributed by atoms with Gasteiger partial charge in [-0.05, 0) is 82.2 Å². The Hall–Kier alpha value is -4.52. The minimum Gasteiger partial charge on any atom is -0.455 e. The summed E-state index contributed by atoms with van der Waals surface area (Å²) in [7, 11) is 1.51. The summed E-state index contributed by atoms with van der Waals surface area (Å²) in [5.41, 5.74) is 1.12. The number of anilines is 2. The summed E-state index contributed by atoms with van der Waals surface area (Å²) in [6, 6.07) is 15.2. The zero-order valence-electron chi connectivity index (χ0n) is 32.6. The molecule has 7 atom stereocenters. The summed E-state index contributed by atoms with van der Waals surface area (Å²) >= 11 is 0. The lowest BCUT2D eigenvalue weighted by molar-refractivity contribution is -0.163. The van der Waals surface area contributed by atoms with Crippen molar-refractivity contribution >= 4 is 35.1 Å². The average Bonchev–Trinajstić information content (AvgIpc) is 3.84. The molecule has 55 heavy (non-hydrogen) atoms. The van der Waals surface area contributed by atoms with Crippen LogP contribution >= 0.6 is 0 Å². The molecule has 0 radical (unpaired) electrons. The Balaban J connectivity index is 1.48. The first kappa shape index (κ1) is 41.6. The quantitative estimate of drug-likeness (QED) is 0.0969. The van der Waals surface area contributed by atoms with Crippen molar-refractivity contribution in [3.63, 3.8) is 0 Å². The molecule has 3 saturated heterocycles. The van der Waals surface area contributed by atoms with Gasteiger partial charge >= 0.3 is 5.97 Å². The van der Waals surface area contributed by atoms with Crippen molar-refractivity contribution in [3.8, 4) is 0 Å². The van der Waals surface area contributed by atoms with Crippen LogP contribution in [0.3, 0.4) is 0 Å². The van der Waals surface area contributed by atoms with Crippen LogP contribution in [0, 0.1) is 11.8 Å². The molecule has 12 nitrogen and oxygen atoms in total. The molecule has 0 aromatic heterocycles. The molecule has 0 aliphatic carbocycles. The Morgan fingerprint density at radius 2 is 1.75 bits per heavy atom. The highest BCUT2D eigenvalue weighted by molar-refractivity contribution is 6.04. The van der Waals surface area contributed by atoms with E-state index in [0.717, 1.165) is 18.8 Å². The third kappa shape index (κ3) is 8.82. The molecular formula is C43H58N4O8. The molecule has 0 unspecified atom stereocenters. The van der Waals surface area contributed by atoms with Gasteiger partial charge in [0.05, 0.1) is 30.6 Å². The predicted octanol–water partition coefficient (Wildman–Crippen LogP) is 4.97. The van der Waals surface area contributed by atoms with Gasteiger partial charge in [-0.1, -0.05) is 42.5 Å². The molecule has 3 heterocycles. The first-order valence-electron chi connectivity index (χ1n) is 19.7. The summed E-state index contributed by atoms with van der Waals surface area (Å²) in [6.45, 7) is 14.1. The van der Waals surface area contributed by atoms with Gasteiger partial charge in [0, 0.05) is 57.7 Å². The Labute approximate surface area is 325 Å². The molecule has 0 saturated carbocycles. The van der Waals surface area contributed by atoms with E-state index in [1.54, 1.807) is 22.0 Å². The third-order valence-electron chi connectivity index (χ3n) is 11.2. The lowest BCUT2D eigenvalue weighted by atomic mass is 9.70. The number of amides is 3. The maximum absolute atomic E-state index is 15.0. The summed E-state index contributed by atoms with van der Waals surface area (Å²) in [6.07, 6.45) is 5.16. The zero-order valence-corrected chi connectivity index (χ0v) is 32.6. The smallest absolute Gasteiger partial charge is 0.313 e. The first-order chi connectivity index (χ1) is 26.7. The lowest BCUT2D eigenvalue weighted by Crippen LogP contribution is -2.56. The number of ether oxygens (including phenoxy) is 3. The minimum atomic E-state index is -1.24. The number of unbranched alkanes of at least 4 members (excludes halogenated alkanes) is 2. The molecule has 2 bridgehead atoms. The van der Waals surface area contributed by atoms with E-state index in [9.17, 15) is 24.3 Å². The van der Waals surface area contributed by atoms with E-state index in [2.05, 4.69) is 37.2 Å². The van der Waals surface area contributed by atoms with Crippen LogP contribution in [0.25, 0.3) is 0 Å². The summed E-state index contributed by atoms with van der Waals surface area (Å²) < 4.78 is 18.6. The van der Waals surface area contributed by atoms with Gasteiger partial charge in [0.1, 0.15) is 17.7 Å². The molecule has 3 aliphatic rings. The van der Waals surface area contributed by atoms with E-state index in [1.165, 1.54) is 7.11 Å². The third-order valence-corrected chi connectivity index (χ3v) is 11.2. The van der Waals surface area contributed by atoms with Crippen molar-refractivity contribution in [3.05, 3.63) is 85.5 Å². The second-order valence-electron chi connectivity index (χ2n) is 14.5. The van der Waals surface area contributed by atoms with Crippen LogP contribution in [0.1, 0.15) is 70.5 Å². The van der Waals surface area contributed by atoms with Crippen molar-refractivity contribution in [2.24, 2.45) is 11.8 Å². The number of allylic oxidation sites excluding steroid dienone is 1. The number of nitrogens with one attached hydrogen (secondary N) is 1. The van der Waals surface area contributed by atoms with Crippen molar-refractivity contribution < 1.29 is 38.5 Å². The van der Waals surface area contributed by atoms with E-state index in [0.29, 0.717) is 49.8 Å². The average molecular weight is 759 g/mol. The van der Waals surface area contributed by atoms with Crippen LogP contribution in [-0.4, -0.2) is 104 Å². The van der Waals surface area contributed by atoms with Gasteiger partial charge in [0.15, 0.2) is 0 Å². The molecular weight excluding hydrogens is 700 g/mol.